The van der Waals surface area contributed by atoms with Crippen molar-refractivity contribution in [2.45, 2.75) is 25.5 Å². The van der Waals surface area contributed by atoms with Gasteiger partial charge < -0.3 is 9.64 Å². The lowest BCUT2D eigenvalue weighted by molar-refractivity contribution is 0.0983. The number of benzene rings is 1. The molecular weight excluding hydrogens is 328 g/mol. The molecule has 2 aromatic heterocycles. The first-order valence-corrected chi connectivity index (χ1v) is 8.81. The number of rotatable bonds is 3. The number of hydrogen-bond acceptors (Lipinski definition) is 4. The minimum atomic E-state index is -0.0246. The van der Waals surface area contributed by atoms with Crippen LogP contribution < -0.4 is 9.64 Å². The molecule has 1 atom stereocenters. The molecular formula is C20H18N4O2. The van der Waals surface area contributed by atoms with E-state index in [4.69, 9.17) is 4.74 Å². The highest BCUT2D eigenvalue weighted by molar-refractivity contribution is 6.06. The molecule has 26 heavy (non-hydrogen) atoms. The lowest BCUT2D eigenvalue weighted by Crippen LogP contribution is -2.29. The molecule has 0 radical (unpaired) electrons. The monoisotopic (exact) mass is 346 g/mol. The molecule has 0 fully saturated rings. The van der Waals surface area contributed by atoms with E-state index in [-0.39, 0.29) is 12.0 Å². The minimum absolute atomic E-state index is 0.0246. The Kier molecular flexibility index (Phi) is 3.48. The normalized spacial score (nSPS) is 17.8. The van der Waals surface area contributed by atoms with E-state index >= 15 is 0 Å². The van der Waals surface area contributed by atoms with Gasteiger partial charge in [0.15, 0.2) is 5.69 Å². The molecule has 5 rings (SSSR count). The fraction of sp³-hybridized carbons (Fsp3) is 0.250. The van der Waals surface area contributed by atoms with Gasteiger partial charge in [0.05, 0.1) is 6.54 Å². The summed E-state index contributed by atoms with van der Waals surface area (Å²) < 4.78 is 7.86. The van der Waals surface area contributed by atoms with Crippen molar-refractivity contribution in [2.24, 2.45) is 0 Å². The number of para-hydroxylation sites is 1. The van der Waals surface area contributed by atoms with Crippen LogP contribution in [0.3, 0.4) is 0 Å². The maximum atomic E-state index is 12.9. The predicted molar refractivity (Wildman–Crippen MR) is 96.4 cm³/mol. The van der Waals surface area contributed by atoms with Crippen molar-refractivity contribution in [3.8, 4) is 5.75 Å². The molecule has 2 aliphatic rings. The number of aromatic nitrogens is 3. The first-order valence-electron chi connectivity index (χ1n) is 8.81. The second-order valence-corrected chi connectivity index (χ2v) is 6.67. The molecule has 0 saturated heterocycles. The minimum Gasteiger partial charge on any atom is -0.488 e. The van der Waals surface area contributed by atoms with Crippen LogP contribution in [0.5, 0.6) is 5.75 Å². The summed E-state index contributed by atoms with van der Waals surface area (Å²) in [6, 6.07) is 13.7. The van der Waals surface area contributed by atoms with Gasteiger partial charge in [-0.25, -0.2) is 0 Å². The smallest absolute Gasteiger partial charge is 0.278 e. The van der Waals surface area contributed by atoms with E-state index in [9.17, 15) is 4.79 Å². The molecule has 1 amide bonds. The second-order valence-electron chi connectivity index (χ2n) is 6.67. The number of ether oxygens (including phenoxy) is 1. The Morgan fingerprint density at radius 3 is 2.85 bits per heavy atom. The molecule has 0 aliphatic carbocycles. The topological polar surface area (TPSA) is 60.3 Å². The molecule has 6 heteroatoms. The van der Waals surface area contributed by atoms with Gasteiger partial charge in [0.1, 0.15) is 11.9 Å². The standard InChI is InChI=1S/C20H18N4O2/c25-20(23-10-7-14-3-1-2-4-19(14)23)18-12-15-11-17(13-24(15)22-18)26-16-5-8-21-9-6-16/h1-6,8-9,12,17H,7,10-11,13H2/t17-/m0/s1. The van der Waals surface area contributed by atoms with E-state index in [2.05, 4.69) is 16.1 Å². The maximum Gasteiger partial charge on any atom is 0.278 e. The number of hydrogen-bond donors (Lipinski definition) is 0. The van der Waals surface area contributed by atoms with E-state index in [0.717, 1.165) is 30.0 Å². The largest absolute Gasteiger partial charge is 0.488 e. The van der Waals surface area contributed by atoms with Crippen LogP contribution in [0.1, 0.15) is 21.7 Å². The van der Waals surface area contributed by atoms with Crippen LogP contribution in [-0.4, -0.2) is 33.3 Å². The Morgan fingerprint density at radius 1 is 1.15 bits per heavy atom. The first-order chi connectivity index (χ1) is 12.8. The zero-order valence-electron chi connectivity index (χ0n) is 14.2. The molecule has 130 valence electrons. The number of fused-ring (bicyclic) bond motifs is 2. The number of amides is 1. The molecule has 6 nitrogen and oxygen atoms in total. The van der Waals surface area contributed by atoms with Gasteiger partial charge in [-0.15, -0.1) is 0 Å². The average molecular weight is 346 g/mol. The van der Waals surface area contributed by atoms with E-state index in [0.29, 0.717) is 18.8 Å². The number of carbonyl (C=O) groups excluding carboxylic acids is 1. The molecule has 2 aliphatic heterocycles. The second kappa shape index (κ2) is 5.98. The predicted octanol–water partition coefficient (Wildman–Crippen LogP) is 2.48. The van der Waals surface area contributed by atoms with Gasteiger partial charge in [-0.2, -0.15) is 5.10 Å². The van der Waals surface area contributed by atoms with Crippen molar-refractivity contribution in [1.29, 1.82) is 0 Å². The van der Waals surface area contributed by atoms with Gasteiger partial charge in [0.2, 0.25) is 0 Å². The number of pyridine rings is 1. The zero-order valence-corrected chi connectivity index (χ0v) is 14.2. The summed E-state index contributed by atoms with van der Waals surface area (Å²) in [6.07, 6.45) is 5.12. The van der Waals surface area contributed by atoms with Crippen LogP contribution in [0.2, 0.25) is 0 Å². The van der Waals surface area contributed by atoms with Crippen LogP contribution in [0.25, 0.3) is 0 Å². The van der Waals surface area contributed by atoms with E-state index in [1.807, 2.05) is 46.0 Å². The highest BCUT2D eigenvalue weighted by Gasteiger charge is 2.30. The van der Waals surface area contributed by atoms with E-state index < -0.39 is 0 Å². The Morgan fingerprint density at radius 2 is 2.00 bits per heavy atom. The van der Waals surface area contributed by atoms with Gasteiger partial charge >= 0.3 is 0 Å². The summed E-state index contributed by atoms with van der Waals surface area (Å²) in [5, 5.41) is 4.53. The third kappa shape index (κ3) is 2.54. The zero-order chi connectivity index (χ0) is 17.5. The number of nitrogens with zero attached hydrogens (tertiary/aromatic N) is 4. The van der Waals surface area contributed by atoms with E-state index in [1.54, 1.807) is 12.4 Å². The van der Waals surface area contributed by atoms with Crippen LogP contribution in [0.4, 0.5) is 5.69 Å². The highest BCUT2D eigenvalue weighted by Crippen LogP contribution is 2.29. The average Bonchev–Trinajstić information content (AvgIpc) is 3.34. The lowest BCUT2D eigenvalue weighted by Gasteiger charge is -2.16. The van der Waals surface area contributed by atoms with Gasteiger partial charge in [0, 0.05) is 36.7 Å². The summed E-state index contributed by atoms with van der Waals surface area (Å²) in [6.45, 7) is 1.37. The Bertz CT molecular complexity index is 943. The first kappa shape index (κ1) is 15.1. The van der Waals surface area contributed by atoms with Crippen LogP contribution in [0, 0.1) is 0 Å². The summed E-state index contributed by atoms with van der Waals surface area (Å²) in [7, 11) is 0. The Balaban J connectivity index is 1.31. The van der Waals surface area contributed by atoms with Crippen molar-refractivity contribution >= 4 is 11.6 Å². The molecule has 3 aromatic rings. The van der Waals surface area contributed by atoms with Crippen molar-refractivity contribution in [1.82, 2.24) is 14.8 Å². The van der Waals surface area contributed by atoms with Crippen molar-refractivity contribution in [3.63, 3.8) is 0 Å². The van der Waals surface area contributed by atoms with Gasteiger partial charge in [-0.1, -0.05) is 18.2 Å². The molecule has 4 heterocycles. The third-order valence-corrected chi connectivity index (χ3v) is 4.98. The van der Waals surface area contributed by atoms with Gasteiger partial charge in [-0.05, 0) is 36.2 Å². The third-order valence-electron chi connectivity index (χ3n) is 4.98. The molecule has 0 unspecified atom stereocenters. The van der Waals surface area contributed by atoms with Gasteiger partial charge in [0.25, 0.3) is 5.91 Å². The van der Waals surface area contributed by atoms with Crippen molar-refractivity contribution in [3.05, 3.63) is 71.8 Å². The van der Waals surface area contributed by atoms with Crippen molar-refractivity contribution < 1.29 is 9.53 Å². The molecule has 0 saturated carbocycles. The molecule has 0 spiro atoms. The van der Waals surface area contributed by atoms with Crippen LogP contribution >= 0.6 is 0 Å². The van der Waals surface area contributed by atoms with E-state index in [1.165, 1.54) is 5.56 Å². The summed E-state index contributed by atoms with van der Waals surface area (Å²) >= 11 is 0. The Labute approximate surface area is 151 Å². The quantitative estimate of drug-likeness (QED) is 0.731. The SMILES string of the molecule is O=C(c1cc2n(n1)C[C@@H](Oc1ccncc1)C2)N1CCc2ccccc21. The lowest BCUT2D eigenvalue weighted by atomic mass is 10.2. The van der Waals surface area contributed by atoms with Gasteiger partial charge in [-0.3, -0.25) is 14.5 Å². The summed E-state index contributed by atoms with van der Waals surface area (Å²) in [4.78, 5) is 18.7. The summed E-state index contributed by atoms with van der Waals surface area (Å²) in [5.74, 6) is 0.782. The summed E-state index contributed by atoms with van der Waals surface area (Å²) in [5.41, 5.74) is 3.78. The fourth-order valence-corrected chi connectivity index (χ4v) is 3.75. The number of anilines is 1. The number of carbonyl (C=O) groups is 1. The van der Waals surface area contributed by atoms with Crippen LogP contribution in [0.15, 0.2) is 54.9 Å². The maximum absolute atomic E-state index is 12.9. The highest BCUT2D eigenvalue weighted by atomic mass is 16.5. The molecule has 1 aromatic carbocycles. The van der Waals surface area contributed by atoms with Crippen LogP contribution in [-0.2, 0) is 19.4 Å². The fourth-order valence-electron chi connectivity index (χ4n) is 3.75. The van der Waals surface area contributed by atoms with Crippen molar-refractivity contribution in [2.75, 3.05) is 11.4 Å². The molecule has 0 N–H and O–H groups in total. The Hall–Kier alpha value is -3.15. The molecule has 0 bridgehead atoms.